The third-order valence-electron chi connectivity index (χ3n) is 2.70. The van der Waals surface area contributed by atoms with E-state index in [-0.39, 0.29) is 5.28 Å². The first kappa shape index (κ1) is 11.9. The quantitative estimate of drug-likeness (QED) is 0.548. The molecule has 3 aromatic heterocycles. The van der Waals surface area contributed by atoms with Crippen molar-refractivity contribution in [2.45, 2.75) is 13.0 Å². The molecule has 0 saturated carbocycles. The number of H-pyrrole nitrogens is 1. The van der Waals surface area contributed by atoms with Crippen molar-refractivity contribution in [2.75, 3.05) is 11.9 Å². The Labute approximate surface area is 114 Å². The number of fused-ring (bicyclic) bond motifs is 1. The van der Waals surface area contributed by atoms with Crippen LogP contribution in [0.5, 0.6) is 0 Å². The molecule has 7 nitrogen and oxygen atoms in total. The highest BCUT2D eigenvalue weighted by atomic mass is 35.5. The summed E-state index contributed by atoms with van der Waals surface area (Å²) in [5.74, 6) is 0.679. The van der Waals surface area contributed by atoms with Crippen LogP contribution < -0.4 is 5.32 Å². The zero-order valence-electron chi connectivity index (χ0n) is 10.0. The van der Waals surface area contributed by atoms with Gasteiger partial charge in [-0.3, -0.25) is 0 Å². The lowest BCUT2D eigenvalue weighted by atomic mass is 10.4. The van der Waals surface area contributed by atoms with Crippen LogP contribution >= 0.6 is 11.6 Å². The van der Waals surface area contributed by atoms with Gasteiger partial charge in [0.2, 0.25) is 5.28 Å². The van der Waals surface area contributed by atoms with Crippen molar-refractivity contribution in [2.24, 2.45) is 0 Å². The molecular weight excluding hydrogens is 266 g/mol. The standard InChI is InChI=1S/C11H12ClN7/c12-11-17-9(8-10(18-11)16-6-15-8)14-2-1-4-19-5-3-13-7-19/h3,5-7H,1-2,4H2,(H2,14,15,16,17,18). The average molecular weight is 278 g/mol. The summed E-state index contributed by atoms with van der Waals surface area (Å²) in [6, 6.07) is 0. The summed E-state index contributed by atoms with van der Waals surface area (Å²) in [6.07, 6.45) is 8.04. The van der Waals surface area contributed by atoms with Crippen LogP contribution in [0.25, 0.3) is 11.2 Å². The molecule has 8 heteroatoms. The second-order valence-corrected chi connectivity index (χ2v) is 4.36. The van der Waals surface area contributed by atoms with Gasteiger partial charge in [0.1, 0.15) is 5.52 Å². The lowest BCUT2D eigenvalue weighted by Crippen LogP contribution is -2.08. The van der Waals surface area contributed by atoms with E-state index in [9.17, 15) is 0 Å². The van der Waals surface area contributed by atoms with E-state index in [4.69, 9.17) is 11.6 Å². The largest absolute Gasteiger partial charge is 0.368 e. The molecule has 0 unspecified atom stereocenters. The Morgan fingerprint density at radius 3 is 3.16 bits per heavy atom. The molecule has 0 spiro atoms. The number of imidazole rings is 2. The molecule has 0 aliphatic carbocycles. The Balaban J connectivity index is 1.63. The first-order valence-electron chi connectivity index (χ1n) is 5.89. The molecule has 0 radical (unpaired) electrons. The van der Waals surface area contributed by atoms with Crippen molar-refractivity contribution in [3.63, 3.8) is 0 Å². The molecular formula is C11H12ClN7. The van der Waals surface area contributed by atoms with Gasteiger partial charge in [-0.05, 0) is 18.0 Å². The van der Waals surface area contributed by atoms with Gasteiger partial charge in [-0.15, -0.1) is 0 Å². The summed E-state index contributed by atoms with van der Waals surface area (Å²) in [6.45, 7) is 1.68. The van der Waals surface area contributed by atoms with Crippen molar-refractivity contribution in [1.82, 2.24) is 29.5 Å². The van der Waals surface area contributed by atoms with Gasteiger partial charge in [0, 0.05) is 25.5 Å². The maximum absolute atomic E-state index is 5.85. The lowest BCUT2D eigenvalue weighted by Gasteiger charge is -2.06. The number of nitrogens with zero attached hydrogens (tertiary/aromatic N) is 5. The summed E-state index contributed by atoms with van der Waals surface area (Å²) in [5.41, 5.74) is 1.34. The zero-order valence-corrected chi connectivity index (χ0v) is 10.8. The molecule has 3 aromatic rings. The third-order valence-corrected chi connectivity index (χ3v) is 2.87. The summed E-state index contributed by atoms with van der Waals surface area (Å²) in [4.78, 5) is 19.2. The highest BCUT2D eigenvalue weighted by Crippen LogP contribution is 2.18. The summed E-state index contributed by atoms with van der Waals surface area (Å²) < 4.78 is 2.03. The molecule has 0 fully saturated rings. The van der Waals surface area contributed by atoms with Crippen LogP contribution in [0.3, 0.4) is 0 Å². The molecule has 0 aliphatic heterocycles. The number of aryl methyl sites for hydroxylation is 1. The van der Waals surface area contributed by atoms with Gasteiger partial charge in [0.25, 0.3) is 0 Å². The Bertz CT molecular complexity index is 661. The summed E-state index contributed by atoms with van der Waals surface area (Å²) >= 11 is 5.85. The van der Waals surface area contributed by atoms with Crippen molar-refractivity contribution >= 4 is 28.6 Å². The molecule has 98 valence electrons. The summed E-state index contributed by atoms with van der Waals surface area (Å²) in [7, 11) is 0. The Kier molecular flexibility index (Phi) is 3.28. The number of halogens is 1. The highest BCUT2D eigenvalue weighted by Gasteiger charge is 2.07. The first-order chi connectivity index (χ1) is 9.33. The predicted octanol–water partition coefficient (Wildman–Crippen LogP) is 1.70. The van der Waals surface area contributed by atoms with Crippen molar-refractivity contribution in [3.8, 4) is 0 Å². The number of nitrogens with one attached hydrogen (secondary N) is 2. The van der Waals surface area contributed by atoms with Gasteiger partial charge in [0.15, 0.2) is 11.5 Å². The van der Waals surface area contributed by atoms with E-state index in [1.165, 1.54) is 0 Å². The zero-order chi connectivity index (χ0) is 13.1. The molecule has 0 aliphatic rings. The normalized spacial score (nSPS) is 11.0. The van der Waals surface area contributed by atoms with Crippen LogP contribution in [0.15, 0.2) is 25.0 Å². The van der Waals surface area contributed by atoms with Crippen molar-refractivity contribution in [1.29, 1.82) is 0 Å². The number of rotatable bonds is 5. The number of aromatic amines is 1. The van der Waals surface area contributed by atoms with Gasteiger partial charge in [-0.25, -0.2) is 9.97 Å². The van der Waals surface area contributed by atoms with E-state index >= 15 is 0 Å². The average Bonchev–Trinajstić information content (AvgIpc) is 3.04. The predicted molar refractivity (Wildman–Crippen MR) is 72.0 cm³/mol. The fourth-order valence-electron chi connectivity index (χ4n) is 1.82. The molecule has 2 N–H and O–H groups in total. The van der Waals surface area contributed by atoms with E-state index in [0.29, 0.717) is 11.5 Å². The van der Waals surface area contributed by atoms with E-state index in [1.54, 1.807) is 18.9 Å². The SMILES string of the molecule is Clc1nc(NCCCn2ccnc2)c2[nH]cnc2n1. The third kappa shape index (κ3) is 2.65. The molecule has 3 rings (SSSR count). The van der Waals surface area contributed by atoms with Crippen LogP contribution in [-0.2, 0) is 6.54 Å². The Hall–Kier alpha value is -2.15. The molecule has 3 heterocycles. The smallest absolute Gasteiger partial charge is 0.226 e. The van der Waals surface area contributed by atoms with Crippen LogP contribution in [-0.4, -0.2) is 36.0 Å². The fourth-order valence-corrected chi connectivity index (χ4v) is 1.99. The number of hydrogen-bond donors (Lipinski definition) is 2. The summed E-state index contributed by atoms with van der Waals surface area (Å²) in [5, 5.41) is 3.43. The molecule has 0 atom stereocenters. The van der Waals surface area contributed by atoms with Gasteiger partial charge < -0.3 is 14.9 Å². The van der Waals surface area contributed by atoms with Gasteiger partial charge in [0.05, 0.1) is 12.7 Å². The molecule has 0 bridgehead atoms. The maximum atomic E-state index is 5.85. The number of aromatic nitrogens is 6. The topological polar surface area (TPSA) is 84.3 Å². The lowest BCUT2D eigenvalue weighted by molar-refractivity contribution is 0.660. The van der Waals surface area contributed by atoms with Crippen molar-refractivity contribution < 1.29 is 0 Å². The van der Waals surface area contributed by atoms with E-state index in [0.717, 1.165) is 25.0 Å². The molecule has 19 heavy (non-hydrogen) atoms. The minimum absolute atomic E-state index is 0.191. The van der Waals surface area contributed by atoms with Crippen molar-refractivity contribution in [3.05, 3.63) is 30.3 Å². The van der Waals surface area contributed by atoms with Crippen LogP contribution in [0.1, 0.15) is 6.42 Å². The van der Waals surface area contributed by atoms with Gasteiger partial charge >= 0.3 is 0 Å². The number of anilines is 1. The van der Waals surface area contributed by atoms with Crippen LogP contribution in [0.4, 0.5) is 5.82 Å². The van der Waals surface area contributed by atoms with E-state index in [1.807, 2.05) is 10.8 Å². The highest BCUT2D eigenvalue weighted by molar-refractivity contribution is 6.28. The van der Waals surface area contributed by atoms with E-state index < -0.39 is 0 Å². The minimum Gasteiger partial charge on any atom is -0.368 e. The monoisotopic (exact) mass is 277 g/mol. The molecule has 0 aromatic carbocycles. The van der Waals surface area contributed by atoms with Gasteiger partial charge in [-0.1, -0.05) is 0 Å². The van der Waals surface area contributed by atoms with Crippen LogP contribution in [0, 0.1) is 0 Å². The Morgan fingerprint density at radius 1 is 1.37 bits per heavy atom. The molecule has 0 saturated heterocycles. The maximum Gasteiger partial charge on any atom is 0.226 e. The molecule has 0 amide bonds. The Morgan fingerprint density at radius 2 is 2.32 bits per heavy atom. The van der Waals surface area contributed by atoms with E-state index in [2.05, 4.69) is 30.2 Å². The minimum atomic E-state index is 0.191. The number of hydrogen-bond acceptors (Lipinski definition) is 5. The second-order valence-electron chi connectivity index (χ2n) is 4.02. The van der Waals surface area contributed by atoms with Crippen LogP contribution in [0.2, 0.25) is 5.28 Å². The second kappa shape index (κ2) is 5.23. The first-order valence-corrected chi connectivity index (χ1v) is 6.27. The van der Waals surface area contributed by atoms with Gasteiger partial charge in [-0.2, -0.15) is 9.97 Å². The fraction of sp³-hybridized carbons (Fsp3) is 0.273.